The van der Waals surface area contributed by atoms with E-state index in [0.29, 0.717) is 6.92 Å². The van der Waals surface area contributed by atoms with Gasteiger partial charge in [0.25, 0.3) is 5.91 Å². The van der Waals surface area contributed by atoms with Gasteiger partial charge in [-0.25, -0.2) is 10.2 Å². The first kappa shape index (κ1) is 22.7. The highest BCUT2D eigenvalue weighted by molar-refractivity contribution is 6.31. The van der Waals surface area contributed by atoms with Gasteiger partial charge in [-0.2, -0.15) is 26.3 Å². The van der Waals surface area contributed by atoms with E-state index in [0.717, 1.165) is 11.4 Å². The summed E-state index contributed by atoms with van der Waals surface area (Å²) in [6, 6.07) is 1.88. The summed E-state index contributed by atoms with van der Waals surface area (Å²) < 4.78 is 82.6. The SMILES string of the molecule is CCC(NC(=O)NNC(=O)c1cc(Cl)ccc1OC)(C(F)(F)F)C(F)(F)F. The predicted molar refractivity (Wildman–Crippen MR) is 82.3 cm³/mol. The first-order chi connectivity index (χ1) is 12.3. The summed E-state index contributed by atoms with van der Waals surface area (Å²) in [5.74, 6) is -1.07. The van der Waals surface area contributed by atoms with Crippen LogP contribution in [0.15, 0.2) is 18.2 Å². The standard InChI is InChI=1S/C14H14ClF6N3O3/c1-3-12(13(16,17)18,14(19,20)21)22-11(26)24-23-10(25)8-6-7(15)4-5-9(8)27-2/h4-6H,3H2,1-2H3,(H,23,25)(H2,22,24,26). The number of ether oxygens (including phenoxy) is 1. The number of carbonyl (C=O) groups excluding carboxylic acids is 2. The molecule has 13 heteroatoms. The Morgan fingerprint density at radius 2 is 1.63 bits per heavy atom. The van der Waals surface area contributed by atoms with Crippen LogP contribution in [-0.4, -0.2) is 36.9 Å². The Balaban J connectivity index is 2.93. The molecule has 0 bridgehead atoms. The third-order valence-electron chi connectivity index (χ3n) is 3.52. The van der Waals surface area contributed by atoms with E-state index in [1.54, 1.807) is 5.43 Å². The second-order valence-corrected chi connectivity index (χ2v) is 5.57. The highest BCUT2D eigenvalue weighted by Crippen LogP contribution is 2.45. The Hall–Kier alpha value is -2.37. The minimum Gasteiger partial charge on any atom is -0.496 e. The smallest absolute Gasteiger partial charge is 0.420 e. The normalized spacial score (nSPS) is 12.3. The summed E-state index contributed by atoms with van der Waals surface area (Å²) >= 11 is 5.70. The maximum absolute atomic E-state index is 13.0. The van der Waals surface area contributed by atoms with Crippen molar-refractivity contribution in [2.75, 3.05) is 7.11 Å². The van der Waals surface area contributed by atoms with Gasteiger partial charge in [0.1, 0.15) is 5.75 Å². The van der Waals surface area contributed by atoms with Crippen molar-refractivity contribution in [3.8, 4) is 5.75 Å². The van der Waals surface area contributed by atoms with E-state index in [9.17, 15) is 35.9 Å². The second-order valence-electron chi connectivity index (χ2n) is 5.13. The highest BCUT2D eigenvalue weighted by Gasteiger charge is 2.70. The van der Waals surface area contributed by atoms with Crippen LogP contribution in [-0.2, 0) is 0 Å². The summed E-state index contributed by atoms with van der Waals surface area (Å²) in [5, 5.41) is 0.936. The highest BCUT2D eigenvalue weighted by atomic mass is 35.5. The molecule has 0 unspecified atom stereocenters. The van der Waals surface area contributed by atoms with Crippen molar-refractivity contribution in [1.29, 1.82) is 0 Å². The average Bonchev–Trinajstić information content (AvgIpc) is 2.55. The summed E-state index contributed by atoms with van der Waals surface area (Å²) in [5.41, 5.74) is -1.58. The lowest BCUT2D eigenvalue weighted by Gasteiger charge is -2.36. The topological polar surface area (TPSA) is 79.5 Å². The number of rotatable bonds is 4. The fourth-order valence-electron chi connectivity index (χ4n) is 2.06. The van der Waals surface area contributed by atoms with Crippen molar-refractivity contribution in [3.63, 3.8) is 0 Å². The van der Waals surface area contributed by atoms with Gasteiger partial charge in [-0.15, -0.1) is 0 Å². The molecular weight excluding hydrogens is 408 g/mol. The Morgan fingerprint density at radius 1 is 1.07 bits per heavy atom. The second kappa shape index (κ2) is 8.11. The molecule has 0 aliphatic carbocycles. The van der Waals surface area contributed by atoms with Gasteiger partial charge in [0.15, 0.2) is 0 Å². The summed E-state index contributed by atoms with van der Waals surface area (Å²) in [6.07, 6.45) is -13.2. The van der Waals surface area contributed by atoms with Gasteiger partial charge in [0.2, 0.25) is 5.54 Å². The van der Waals surface area contributed by atoms with Gasteiger partial charge in [0.05, 0.1) is 12.7 Å². The molecule has 0 aliphatic rings. The number of hydrogen-bond donors (Lipinski definition) is 3. The largest absolute Gasteiger partial charge is 0.496 e. The van der Waals surface area contributed by atoms with E-state index < -0.39 is 36.3 Å². The van der Waals surface area contributed by atoms with E-state index in [2.05, 4.69) is 0 Å². The maximum atomic E-state index is 13.0. The number of benzene rings is 1. The molecule has 1 rings (SSSR count). The summed E-state index contributed by atoms with van der Waals surface area (Å²) in [6.45, 7) is 0.608. The van der Waals surface area contributed by atoms with Crippen LogP contribution < -0.4 is 20.9 Å². The number of halogens is 7. The van der Waals surface area contributed by atoms with Gasteiger partial charge < -0.3 is 10.1 Å². The van der Waals surface area contributed by atoms with Gasteiger partial charge in [-0.3, -0.25) is 10.2 Å². The van der Waals surface area contributed by atoms with Crippen LogP contribution in [0.5, 0.6) is 5.75 Å². The van der Waals surface area contributed by atoms with Crippen molar-refractivity contribution in [2.45, 2.75) is 31.2 Å². The van der Waals surface area contributed by atoms with Crippen LogP contribution >= 0.6 is 11.6 Å². The number of carbonyl (C=O) groups is 2. The number of nitrogens with one attached hydrogen (secondary N) is 3. The van der Waals surface area contributed by atoms with Gasteiger partial charge in [-0.1, -0.05) is 18.5 Å². The quantitative estimate of drug-likeness (QED) is 0.514. The first-order valence-electron chi connectivity index (χ1n) is 7.14. The number of amides is 3. The van der Waals surface area contributed by atoms with E-state index in [4.69, 9.17) is 16.3 Å². The first-order valence-corrected chi connectivity index (χ1v) is 7.52. The van der Waals surface area contributed by atoms with Gasteiger partial charge >= 0.3 is 18.4 Å². The van der Waals surface area contributed by atoms with E-state index in [1.807, 2.05) is 0 Å². The van der Waals surface area contributed by atoms with Crippen LogP contribution in [0, 0.1) is 0 Å². The molecule has 0 atom stereocenters. The lowest BCUT2D eigenvalue weighted by atomic mass is 9.94. The number of alkyl halides is 6. The molecular formula is C14H14ClF6N3O3. The average molecular weight is 422 g/mol. The fourth-order valence-corrected chi connectivity index (χ4v) is 2.23. The zero-order valence-corrected chi connectivity index (χ0v) is 14.6. The molecule has 152 valence electrons. The zero-order valence-electron chi connectivity index (χ0n) is 13.8. The molecule has 27 heavy (non-hydrogen) atoms. The molecule has 0 aromatic heterocycles. The molecule has 6 nitrogen and oxygen atoms in total. The van der Waals surface area contributed by atoms with Crippen molar-refractivity contribution in [1.82, 2.24) is 16.2 Å². The number of urea groups is 1. The Kier molecular flexibility index (Phi) is 6.81. The zero-order chi connectivity index (χ0) is 21.0. The Bertz CT molecular complexity index is 694. The predicted octanol–water partition coefficient (Wildman–Crippen LogP) is 3.57. The van der Waals surface area contributed by atoms with Crippen molar-refractivity contribution >= 4 is 23.5 Å². The monoisotopic (exact) mass is 421 g/mol. The molecule has 0 heterocycles. The lowest BCUT2D eigenvalue weighted by Crippen LogP contribution is -2.69. The molecule has 0 fully saturated rings. The molecule has 0 aliphatic heterocycles. The number of methoxy groups -OCH3 is 1. The van der Waals surface area contributed by atoms with Gasteiger partial charge in [0, 0.05) is 5.02 Å². The molecule has 3 N–H and O–H groups in total. The lowest BCUT2D eigenvalue weighted by molar-refractivity contribution is -0.304. The Labute approximate surface area is 154 Å². The van der Waals surface area contributed by atoms with E-state index in [1.165, 1.54) is 24.7 Å². The minimum absolute atomic E-state index is 0.00703. The number of hydrogen-bond acceptors (Lipinski definition) is 3. The van der Waals surface area contributed by atoms with Crippen molar-refractivity contribution in [3.05, 3.63) is 28.8 Å². The maximum Gasteiger partial charge on any atom is 0.420 e. The molecule has 3 amide bonds. The van der Waals surface area contributed by atoms with E-state index >= 15 is 0 Å². The molecule has 1 aromatic carbocycles. The molecule has 0 spiro atoms. The van der Waals surface area contributed by atoms with E-state index in [-0.39, 0.29) is 16.3 Å². The summed E-state index contributed by atoms with van der Waals surface area (Å²) in [4.78, 5) is 23.5. The fraction of sp³-hybridized carbons (Fsp3) is 0.429. The summed E-state index contributed by atoms with van der Waals surface area (Å²) in [7, 11) is 1.21. The molecule has 0 saturated carbocycles. The van der Waals surface area contributed by atoms with Gasteiger partial charge in [-0.05, 0) is 24.6 Å². The van der Waals surface area contributed by atoms with Crippen LogP contribution in [0.1, 0.15) is 23.7 Å². The minimum atomic E-state index is -5.82. The van der Waals surface area contributed by atoms with Crippen LogP contribution in [0.2, 0.25) is 5.02 Å². The van der Waals surface area contributed by atoms with Crippen molar-refractivity contribution in [2.24, 2.45) is 0 Å². The van der Waals surface area contributed by atoms with Crippen LogP contribution in [0.25, 0.3) is 0 Å². The molecule has 1 aromatic rings. The third kappa shape index (κ3) is 4.87. The molecule has 0 saturated heterocycles. The van der Waals surface area contributed by atoms with Crippen LogP contribution in [0.4, 0.5) is 31.1 Å². The van der Waals surface area contributed by atoms with Crippen molar-refractivity contribution < 1.29 is 40.7 Å². The number of hydrazine groups is 1. The molecule has 0 radical (unpaired) electrons. The van der Waals surface area contributed by atoms with Crippen LogP contribution in [0.3, 0.4) is 0 Å². The Morgan fingerprint density at radius 3 is 2.07 bits per heavy atom. The third-order valence-corrected chi connectivity index (χ3v) is 3.76.